The van der Waals surface area contributed by atoms with Crippen molar-refractivity contribution in [3.05, 3.63) is 35.5 Å². The maximum Gasteiger partial charge on any atom is 0.333 e. The second-order valence-electron chi connectivity index (χ2n) is 6.84. The molecule has 2 aliphatic heterocycles. The van der Waals surface area contributed by atoms with E-state index in [1.54, 1.807) is 0 Å². The normalized spacial score (nSPS) is 26.6. The Bertz CT molecular complexity index is 828. The van der Waals surface area contributed by atoms with Gasteiger partial charge in [0.15, 0.2) is 5.54 Å². The Kier molecular flexibility index (Phi) is 4.00. The van der Waals surface area contributed by atoms with Gasteiger partial charge >= 0.3 is 5.97 Å². The summed E-state index contributed by atoms with van der Waals surface area (Å²) < 4.78 is 5.19. The molecule has 1 aromatic heterocycles. The quantitative estimate of drug-likeness (QED) is 0.725. The Hall–Kier alpha value is -2.34. The van der Waals surface area contributed by atoms with Crippen LogP contribution in [-0.2, 0) is 26.3 Å². The number of fused-ring (bicyclic) bond motifs is 3. The zero-order chi connectivity index (χ0) is 17.4. The summed E-state index contributed by atoms with van der Waals surface area (Å²) in [4.78, 5) is 29.2. The third-order valence-electron chi connectivity index (χ3n) is 5.55. The van der Waals surface area contributed by atoms with E-state index in [4.69, 9.17) is 4.74 Å². The Balaban J connectivity index is 1.94. The maximum absolute atomic E-state index is 13.0. The first-order valence-electron chi connectivity index (χ1n) is 8.89. The molecule has 0 radical (unpaired) electrons. The molecular formula is C19H23N3O3. The number of esters is 1. The summed E-state index contributed by atoms with van der Waals surface area (Å²) in [5.74, 6) is -0.974. The summed E-state index contributed by atoms with van der Waals surface area (Å²) in [5.41, 5.74) is 1.72. The molecule has 1 saturated heterocycles. The van der Waals surface area contributed by atoms with Gasteiger partial charge in [-0.05, 0) is 30.9 Å². The van der Waals surface area contributed by atoms with Crippen molar-refractivity contribution in [2.75, 3.05) is 20.2 Å². The maximum atomic E-state index is 13.0. The molecule has 2 aliphatic rings. The van der Waals surface area contributed by atoms with Gasteiger partial charge < -0.3 is 15.0 Å². The number of amides is 1. The van der Waals surface area contributed by atoms with Gasteiger partial charge in [0.05, 0.1) is 18.7 Å². The highest BCUT2D eigenvalue weighted by Gasteiger charge is 2.54. The molecule has 0 spiro atoms. The highest BCUT2D eigenvalue weighted by molar-refractivity contribution is 5.95. The zero-order valence-electron chi connectivity index (χ0n) is 14.4. The zero-order valence-corrected chi connectivity index (χ0v) is 14.4. The van der Waals surface area contributed by atoms with E-state index in [0.717, 1.165) is 41.4 Å². The van der Waals surface area contributed by atoms with Crippen LogP contribution in [-0.4, -0.2) is 37.1 Å². The second-order valence-corrected chi connectivity index (χ2v) is 6.84. The molecule has 25 heavy (non-hydrogen) atoms. The number of aromatic nitrogens is 1. The Morgan fingerprint density at radius 1 is 1.24 bits per heavy atom. The van der Waals surface area contributed by atoms with Crippen LogP contribution in [0.3, 0.4) is 0 Å². The number of rotatable bonds is 2. The van der Waals surface area contributed by atoms with E-state index >= 15 is 0 Å². The van der Waals surface area contributed by atoms with Gasteiger partial charge in [-0.25, -0.2) is 4.79 Å². The molecule has 0 aliphatic carbocycles. The van der Waals surface area contributed by atoms with E-state index in [9.17, 15) is 9.59 Å². The molecule has 4 rings (SSSR count). The van der Waals surface area contributed by atoms with Crippen molar-refractivity contribution >= 4 is 22.8 Å². The van der Waals surface area contributed by atoms with Gasteiger partial charge in [-0.1, -0.05) is 24.6 Å². The number of H-pyrrole nitrogens is 1. The van der Waals surface area contributed by atoms with Crippen molar-refractivity contribution in [2.24, 2.45) is 5.92 Å². The fourth-order valence-electron chi connectivity index (χ4n) is 4.40. The van der Waals surface area contributed by atoms with E-state index in [2.05, 4.69) is 21.7 Å². The van der Waals surface area contributed by atoms with E-state index in [0.29, 0.717) is 19.5 Å². The summed E-state index contributed by atoms with van der Waals surface area (Å²) >= 11 is 0. The first-order chi connectivity index (χ1) is 12.2. The van der Waals surface area contributed by atoms with Crippen molar-refractivity contribution in [3.8, 4) is 0 Å². The lowest BCUT2D eigenvalue weighted by molar-refractivity contribution is -0.156. The minimum absolute atomic E-state index is 0.0816. The summed E-state index contributed by atoms with van der Waals surface area (Å²) in [6.45, 7) is 1.29. The largest absolute Gasteiger partial charge is 0.467 e. The first-order valence-corrected chi connectivity index (χ1v) is 8.89. The van der Waals surface area contributed by atoms with Crippen LogP contribution >= 0.6 is 0 Å². The lowest BCUT2D eigenvalue weighted by Crippen LogP contribution is -2.61. The van der Waals surface area contributed by atoms with Crippen molar-refractivity contribution in [2.45, 2.75) is 31.2 Å². The Morgan fingerprint density at radius 2 is 2.08 bits per heavy atom. The topological polar surface area (TPSA) is 83.2 Å². The highest BCUT2D eigenvalue weighted by atomic mass is 16.5. The number of hydrogen-bond donors (Lipinski definition) is 3. The van der Waals surface area contributed by atoms with Crippen molar-refractivity contribution in [3.63, 3.8) is 0 Å². The number of hydrogen-bond acceptors (Lipinski definition) is 4. The standard InChI is InChI=1S/C19H23N3O3/c1-25-18(24)19(14-7-4-5-10-20-17(14)23)16-13(9-11-21-19)12-6-2-3-8-15(12)22-16/h2-3,6,8,14,21-22H,4-5,7,9-11H2,1H3,(H,20,23)/t14-,19+/m0/s1. The van der Waals surface area contributed by atoms with Gasteiger partial charge in [0, 0.05) is 24.0 Å². The van der Waals surface area contributed by atoms with E-state index in [-0.39, 0.29) is 5.91 Å². The third kappa shape index (κ3) is 2.35. The van der Waals surface area contributed by atoms with Gasteiger partial charge in [0.2, 0.25) is 5.91 Å². The van der Waals surface area contributed by atoms with Crippen LogP contribution in [0.4, 0.5) is 0 Å². The number of nitrogens with one attached hydrogen (secondary N) is 3. The lowest BCUT2D eigenvalue weighted by Gasteiger charge is -2.40. The summed E-state index contributed by atoms with van der Waals surface area (Å²) in [7, 11) is 1.39. The number of ether oxygens (including phenoxy) is 1. The molecule has 6 heteroatoms. The summed E-state index contributed by atoms with van der Waals surface area (Å²) in [5, 5.41) is 7.43. The number of benzene rings is 1. The van der Waals surface area contributed by atoms with Crippen LogP contribution < -0.4 is 10.6 Å². The predicted molar refractivity (Wildman–Crippen MR) is 94.1 cm³/mol. The van der Waals surface area contributed by atoms with Crippen LogP contribution in [0.15, 0.2) is 24.3 Å². The average Bonchev–Trinajstić information content (AvgIpc) is 2.89. The van der Waals surface area contributed by atoms with Gasteiger partial charge in [0.1, 0.15) is 0 Å². The Morgan fingerprint density at radius 3 is 2.92 bits per heavy atom. The van der Waals surface area contributed by atoms with E-state index in [1.165, 1.54) is 7.11 Å². The second kappa shape index (κ2) is 6.19. The van der Waals surface area contributed by atoms with Gasteiger partial charge in [-0.2, -0.15) is 0 Å². The van der Waals surface area contributed by atoms with Crippen LogP contribution in [0, 0.1) is 5.92 Å². The fourth-order valence-corrected chi connectivity index (χ4v) is 4.40. The number of methoxy groups -OCH3 is 1. The number of para-hydroxylation sites is 1. The minimum Gasteiger partial charge on any atom is -0.467 e. The lowest BCUT2D eigenvalue weighted by atomic mass is 9.74. The molecule has 0 saturated carbocycles. The molecule has 0 unspecified atom stereocenters. The number of carbonyl (C=O) groups excluding carboxylic acids is 2. The van der Waals surface area contributed by atoms with Crippen LogP contribution in [0.5, 0.6) is 0 Å². The SMILES string of the molecule is COC(=O)[C@]1([C@H]2CCCCNC2=O)NCCc2c1[nH]c1ccccc21. The van der Waals surface area contributed by atoms with Crippen LogP contribution in [0.2, 0.25) is 0 Å². The highest BCUT2D eigenvalue weighted by Crippen LogP contribution is 2.41. The Labute approximate surface area is 146 Å². The monoisotopic (exact) mass is 341 g/mol. The number of aromatic amines is 1. The van der Waals surface area contributed by atoms with Gasteiger partial charge in [0.25, 0.3) is 0 Å². The van der Waals surface area contributed by atoms with Crippen molar-refractivity contribution in [1.82, 2.24) is 15.6 Å². The predicted octanol–water partition coefficient (Wildman–Crippen LogP) is 1.60. The molecular weight excluding hydrogens is 318 g/mol. The molecule has 3 N–H and O–H groups in total. The molecule has 3 heterocycles. The van der Waals surface area contributed by atoms with Crippen molar-refractivity contribution in [1.29, 1.82) is 0 Å². The molecule has 6 nitrogen and oxygen atoms in total. The molecule has 1 aromatic carbocycles. The van der Waals surface area contributed by atoms with Gasteiger partial charge in [-0.3, -0.25) is 10.1 Å². The van der Waals surface area contributed by atoms with Gasteiger partial charge in [-0.15, -0.1) is 0 Å². The minimum atomic E-state index is -1.16. The van der Waals surface area contributed by atoms with E-state index < -0.39 is 17.4 Å². The molecule has 1 fully saturated rings. The van der Waals surface area contributed by atoms with Crippen molar-refractivity contribution < 1.29 is 14.3 Å². The van der Waals surface area contributed by atoms with E-state index in [1.807, 2.05) is 18.2 Å². The smallest absolute Gasteiger partial charge is 0.333 e. The molecule has 132 valence electrons. The van der Waals surface area contributed by atoms with Crippen LogP contribution in [0.1, 0.15) is 30.5 Å². The number of carbonyl (C=O) groups is 2. The summed E-state index contributed by atoms with van der Waals surface area (Å²) in [6, 6.07) is 8.03. The average molecular weight is 341 g/mol. The fraction of sp³-hybridized carbons (Fsp3) is 0.474. The molecule has 0 bridgehead atoms. The molecule has 2 aromatic rings. The molecule has 2 atom stereocenters. The summed E-state index contributed by atoms with van der Waals surface area (Å²) in [6.07, 6.45) is 3.30. The first kappa shape index (κ1) is 16.1. The molecule has 1 amide bonds. The van der Waals surface area contributed by atoms with Crippen LogP contribution in [0.25, 0.3) is 10.9 Å². The third-order valence-corrected chi connectivity index (χ3v) is 5.55.